The molecule has 10 rings (SSSR count). The molecule has 2 saturated heterocycles. The summed E-state index contributed by atoms with van der Waals surface area (Å²) < 4.78 is 9.79. The minimum absolute atomic E-state index is 0.0643. The number of hydrogen-bond acceptors (Lipinski definition) is 8. The van der Waals surface area contributed by atoms with Gasteiger partial charge in [0.05, 0.1) is 50.1 Å². The predicted octanol–water partition coefficient (Wildman–Crippen LogP) is 9.15. The second-order valence-electron chi connectivity index (χ2n) is 21.0. The van der Waals surface area contributed by atoms with Crippen molar-refractivity contribution in [1.82, 2.24) is 40.4 Å². The molecule has 6 aliphatic rings. The van der Waals surface area contributed by atoms with Crippen molar-refractivity contribution in [2.75, 3.05) is 14.2 Å². The lowest BCUT2D eigenvalue weighted by molar-refractivity contribution is -0.139. The first-order valence-corrected chi connectivity index (χ1v) is 24.6. The summed E-state index contributed by atoms with van der Waals surface area (Å²) in [4.78, 5) is 74.3. The molecule has 4 N–H and O–H groups in total. The molecule has 4 heterocycles. The number of H-pyrrole nitrogens is 2. The Hall–Kier alpha value is -5.66. The fourth-order valence-corrected chi connectivity index (χ4v) is 13.4. The zero-order valence-electron chi connectivity index (χ0n) is 39.3. The molecule has 5 fully saturated rings. The lowest BCUT2D eigenvalue weighted by Gasteiger charge is -2.37. The summed E-state index contributed by atoms with van der Waals surface area (Å²) in [5.74, 6) is 2.23. The Balaban J connectivity index is 0.920. The topological polar surface area (TPSA) is 175 Å². The standard InChI is InChI=1S/C52H66N8O6/c1-28(2)23-39(57-50(63)65-5)48(61)59-34-15-13-32(24-34)44(59)46-53-26-40(55-46)31-11-9-30(10-12-31)36-17-18-37(38-19-22-52(42(36)38)20-7-8-21-52)41-27-54-47(56-41)45-33-14-16-35(25-33)60(45)49(62)43(29(3)4)58-51(64)66-6/h9-12,17-18,26-29,32-35,39,43-45H,7-8,13-16,19-25H2,1-6H3,(H,53,55)(H,54,56)(H,57,63)(H,58,64)/t32-,33-,34+,35+,39-,43-,44-,45-/m0/s1. The van der Waals surface area contributed by atoms with Crippen LogP contribution in [0.4, 0.5) is 9.59 Å². The Morgan fingerprint density at radius 2 is 1.27 bits per heavy atom. The van der Waals surface area contributed by atoms with Gasteiger partial charge in [0.2, 0.25) is 11.8 Å². The average molecular weight is 899 g/mol. The molecule has 3 saturated carbocycles. The van der Waals surface area contributed by atoms with Gasteiger partial charge in [-0.2, -0.15) is 0 Å². The van der Waals surface area contributed by atoms with E-state index in [1.54, 1.807) is 0 Å². The van der Waals surface area contributed by atoms with Crippen LogP contribution >= 0.6 is 0 Å². The number of benzene rings is 2. The van der Waals surface area contributed by atoms with Crippen molar-refractivity contribution >= 4 is 24.0 Å². The number of methoxy groups -OCH3 is 2. The quantitative estimate of drug-likeness (QED) is 0.109. The number of rotatable bonds is 12. The zero-order chi connectivity index (χ0) is 46.0. The molecule has 4 aromatic rings. The molecular weight excluding hydrogens is 833 g/mol. The summed E-state index contributed by atoms with van der Waals surface area (Å²) in [6.07, 6.45) is 16.1. The molecule has 66 heavy (non-hydrogen) atoms. The molecule has 0 unspecified atom stereocenters. The fourth-order valence-electron chi connectivity index (χ4n) is 13.4. The van der Waals surface area contributed by atoms with E-state index in [9.17, 15) is 19.2 Å². The van der Waals surface area contributed by atoms with Crippen LogP contribution in [0.25, 0.3) is 33.6 Å². The summed E-state index contributed by atoms with van der Waals surface area (Å²) in [5.41, 5.74) is 9.64. The number of aromatic nitrogens is 4. The molecule has 350 valence electrons. The number of amides is 4. The van der Waals surface area contributed by atoms with Crippen LogP contribution < -0.4 is 10.6 Å². The number of imidazole rings is 2. The van der Waals surface area contributed by atoms with E-state index in [0.717, 1.165) is 80.0 Å². The van der Waals surface area contributed by atoms with Crippen LogP contribution in [-0.2, 0) is 30.9 Å². The molecule has 1 spiro atoms. The van der Waals surface area contributed by atoms with Crippen molar-refractivity contribution < 1.29 is 28.7 Å². The second-order valence-corrected chi connectivity index (χ2v) is 21.0. The Bertz CT molecular complexity index is 2490. The van der Waals surface area contributed by atoms with E-state index >= 15 is 0 Å². The molecule has 0 radical (unpaired) electrons. The first-order chi connectivity index (χ1) is 31.9. The van der Waals surface area contributed by atoms with Gasteiger partial charge < -0.3 is 39.9 Å². The van der Waals surface area contributed by atoms with E-state index < -0.39 is 24.3 Å². The highest BCUT2D eigenvalue weighted by atomic mass is 16.5. The molecule has 2 aromatic carbocycles. The number of hydrogen-bond donors (Lipinski definition) is 4. The van der Waals surface area contributed by atoms with Gasteiger partial charge in [0.1, 0.15) is 23.7 Å². The van der Waals surface area contributed by atoms with Gasteiger partial charge in [0.15, 0.2) is 0 Å². The van der Waals surface area contributed by atoms with Crippen LogP contribution in [0.15, 0.2) is 48.8 Å². The van der Waals surface area contributed by atoms with Crippen LogP contribution in [0.3, 0.4) is 0 Å². The maximum atomic E-state index is 14.2. The lowest BCUT2D eigenvalue weighted by Crippen LogP contribution is -2.54. The Morgan fingerprint density at radius 3 is 1.88 bits per heavy atom. The number of carbonyl (C=O) groups excluding carboxylic acids is 4. The molecule has 4 bridgehead atoms. The van der Waals surface area contributed by atoms with Crippen molar-refractivity contribution in [3.8, 4) is 33.6 Å². The van der Waals surface area contributed by atoms with E-state index in [-0.39, 0.29) is 53.2 Å². The van der Waals surface area contributed by atoms with Gasteiger partial charge in [0.25, 0.3) is 0 Å². The summed E-state index contributed by atoms with van der Waals surface area (Å²) in [6, 6.07) is 12.0. The zero-order valence-corrected chi connectivity index (χ0v) is 39.3. The molecule has 14 heteroatoms. The highest BCUT2D eigenvalue weighted by molar-refractivity contribution is 5.88. The van der Waals surface area contributed by atoms with Gasteiger partial charge in [-0.1, -0.05) is 76.9 Å². The van der Waals surface area contributed by atoms with Gasteiger partial charge in [-0.25, -0.2) is 19.6 Å². The first kappa shape index (κ1) is 44.2. The number of aromatic amines is 2. The third-order valence-electron chi connectivity index (χ3n) is 16.4. The largest absolute Gasteiger partial charge is 0.453 e. The number of likely N-dealkylation sites (tertiary alicyclic amines) is 2. The fraction of sp³-hybridized carbons (Fsp3) is 0.577. The summed E-state index contributed by atoms with van der Waals surface area (Å²) in [7, 11) is 2.65. The van der Waals surface area contributed by atoms with E-state index in [1.807, 2.05) is 36.0 Å². The van der Waals surface area contributed by atoms with Gasteiger partial charge in [-0.15, -0.1) is 0 Å². The highest BCUT2D eigenvalue weighted by Gasteiger charge is 2.53. The molecule has 2 aromatic heterocycles. The minimum Gasteiger partial charge on any atom is -0.453 e. The van der Waals surface area contributed by atoms with Crippen molar-refractivity contribution in [2.45, 2.75) is 153 Å². The van der Waals surface area contributed by atoms with Crippen LogP contribution in [-0.4, -0.2) is 92.1 Å². The number of nitrogens with zero attached hydrogens (tertiary/aromatic N) is 4. The smallest absolute Gasteiger partial charge is 0.407 e. The summed E-state index contributed by atoms with van der Waals surface area (Å²) in [6.45, 7) is 8.02. The first-order valence-electron chi connectivity index (χ1n) is 24.6. The Morgan fingerprint density at radius 1 is 0.712 bits per heavy atom. The SMILES string of the molecule is COC(=O)N[C@@H](CC(C)C)C(=O)N1[C@@H]2CC[C@@H](C2)[C@H]1c1ncc(-c2ccc(-c3ccc(-c4cnc([C@@H]5[C@H]6CC[C@H](C6)N5C(=O)[C@@H](NC(=O)OC)C(C)C)[nH]4)c4c3C3(CCCC3)CC4)cc2)[nH]1. The Kier molecular flexibility index (Phi) is 11.7. The van der Waals surface area contributed by atoms with Crippen LogP contribution in [0.2, 0.25) is 0 Å². The average Bonchev–Trinajstić information content (AvgIpc) is 4.19. The van der Waals surface area contributed by atoms with Crippen molar-refractivity contribution in [2.24, 2.45) is 23.7 Å². The highest BCUT2D eigenvalue weighted by Crippen LogP contribution is 2.56. The number of carbonyl (C=O) groups is 4. The molecule has 4 aliphatic carbocycles. The lowest BCUT2D eigenvalue weighted by atomic mass is 9.76. The van der Waals surface area contributed by atoms with Crippen molar-refractivity contribution in [1.29, 1.82) is 0 Å². The maximum absolute atomic E-state index is 14.2. The van der Waals surface area contributed by atoms with E-state index in [1.165, 1.54) is 67.7 Å². The molecule has 2 aliphatic heterocycles. The Labute approximate surface area is 387 Å². The van der Waals surface area contributed by atoms with Crippen molar-refractivity contribution in [3.63, 3.8) is 0 Å². The third kappa shape index (κ3) is 7.65. The number of fused-ring (bicyclic) bond motifs is 6. The van der Waals surface area contributed by atoms with Crippen LogP contribution in [0.5, 0.6) is 0 Å². The molecule has 14 nitrogen and oxygen atoms in total. The molecule has 4 amide bonds. The molecule has 8 atom stereocenters. The number of ether oxygens (including phenoxy) is 2. The normalized spacial score (nSPS) is 25.5. The van der Waals surface area contributed by atoms with E-state index in [2.05, 4.69) is 70.8 Å². The number of nitrogens with one attached hydrogen (secondary N) is 4. The van der Waals surface area contributed by atoms with Gasteiger partial charge in [-0.05, 0) is 128 Å². The summed E-state index contributed by atoms with van der Waals surface area (Å²) >= 11 is 0. The van der Waals surface area contributed by atoms with E-state index in [0.29, 0.717) is 18.3 Å². The number of alkyl carbamates (subject to hydrolysis) is 2. The summed E-state index contributed by atoms with van der Waals surface area (Å²) in [5, 5.41) is 5.63. The van der Waals surface area contributed by atoms with Crippen molar-refractivity contribution in [3.05, 3.63) is 71.6 Å². The van der Waals surface area contributed by atoms with Crippen LogP contribution in [0, 0.1) is 23.7 Å². The van der Waals surface area contributed by atoms with Crippen LogP contribution in [0.1, 0.15) is 140 Å². The monoisotopic (exact) mass is 899 g/mol. The van der Waals surface area contributed by atoms with Gasteiger partial charge >= 0.3 is 12.2 Å². The van der Waals surface area contributed by atoms with Gasteiger partial charge in [-0.3, -0.25) is 9.59 Å². The van der Waals surface area contributed by atoms with Gasteiger partial charge in [0, 0.05) is 17.6 Å². The minimum atomic E-state index is -0.680. The number of piperidine rings is 2. The predicted molar refractivity (Wildman–Crippen MR) is 250 cm³/mol. The third-order valence-corrected chi connectivity index (χ3v) is 16.4. The maximum Gasteiger partial charge on any atom is 0.407 e. The second kappa shape index (κ2) is 17.5. The molecular formula is C52H66N8O6. The van der Waals surface area contributed by atoms with E-state index in [4.69, 9.17) is 19.4 Å².